The van der Waals surface area contributed by atoms with Crippen LogP contribution in [0.3, 0.4) is 0 Å². The molecule has 224 valence electrons. The number of ether oxygens (including phenoxy) is 4. The van der Waals surface area contributed by atoms with Crippen molar-refractivity contribution in [3.63, 3.8) is 0 Å². The van der Waals surface area contributed by atoms with Gasteiger partial charge in [0, 0.05) is 23.7 Å². The first kappa shape index (κ1) is 29.7. The summed E-state index contributed by atoms with van der Waals surface area (Å²) in [6.45, 7) is 14.0. The molecule has 5 aliphatic carbocycles. The highest BCUT2D eigenvalue weighted by Gasteiger charge is 2.75. The molecular weight excluding hydrogens is 544 g/mol. The van der Waals surface area contributed by atoms with Crippen LogP contribution >= 0.6 is 0 Å². The highest BCUT2D eigenvalue weighted by molar-refractivity contribution is 6.04. The van der Waals surface area contributed by atoms with Gasteiger partial charge in [-0.25, -0.2) is 0 Å². The van der Waals surface area contributed by atoms with Crippen LogP contribution in [0.4, 0.5) is 0 Å². The van der Waals surface area contributed by atoms with Crippen molar-refractivity contribution in [1.82, 2.24) is 0 Å². The molecule has 0 aliphatic heterocycles. The fraction of sp³-hybridized carbons (Fsp3) is 0.562. The molecule has 12 atom stereocenters. The Bertz CT molecular complexity index is 1050. The number of carbonyl (C=O) groups is 6. The summed E-state index contributed by atoms with van der Waals surface area (Å²) in [5.41, 5.74) is 0. The van der Waals surface area contributed by atoms with E-state index < -0.39 is 94.9 Å². The maximum absolute atomic E-state index is 14.3. The molecule has 0 aromatic carbocycles. The van der Waals surface area contributed by atoms with Crippen LogP contribution in [0, 0.1) is 71.0 Å². The maximum Gasteiger partial charge on any atom is 0.310 e. The number of esters is 4. The quantitative estimate of drug-likeness (QED) is 0.192. The summed E-state index contributed by atoms with van der Waals surface area (Å²) in [5.74, 6) is -12.2. The lowest BCUT2D eigenvalue weighted by Gasteiger charge is -2.48. The van der Waals surface area contributed by atoms with Crippen molar-refractivity contribution in [2.75, 3.05) is 26.4 Å². The minimum atomic E-state index is -0.949. The van der Waals surface area contributed by atoms with E-state index in [9.17, 15) is 28.8 Å². The highest BCUT2D eigenvalue weighted by Crippen LogP contribution is 2.68. The van der Waals surface area contributed by atoms with Crippen LogP contribution in [0.5, 0.6) is 0 Å². The lowest BCUT2D eigenvalue weighted by Crippen LogP contribution is -2.59. The average molecular weight is 581 g/mol. The molecule has 0 spiro atoms. The van der Waals surface area contributed by atoms with E-state index >= 15 is 0 Å². The summed E-state index contributed by atoms with van der Waals surface area (Å²) in [5, 5.41) is 0. The molecule has 4 bridgehead atoms. The Kier molecular flexibility index (Phi) is 8.35. The number of rotatable bonds is 12. The average Bonchev–Trinajstić information content (AvgIpc) is 3.76. The Morgan fingerprint density at radius 2 is 0.714 bits per heavy atom. The van der Waals surface area contributed by atoms with Crippen molar-refractivity contribution < 1.29 is 47.7 Å². The second kappa shape index (κ2) is 11.8. The minimum absolute atomic E-state index is 0.0611. The zero-order valence-electron chi connectivity index (χ0n) is 23.4. The summed E-state index contributed by atoms with van der Waals surface area (Å²) >= 11 is 0. The lowest BCUT2D eigenvalue weighted by molar-refractivity contribution is -0.176. The topological polar surface area (TPSA) is 139 Å². The summed E-state index contributed by atoms with van der Waals surface area (Å²) < 4.78 is 21.4. The molecule has 0 aromatic rings. The van der Waals surface area contributed by atoms with Gasteiger partial charge in [0.15, 0.2) is 0 Å². The molecule has 5 rings (SSSR count). The van der Waals surface area contributed by atoms with E-state index in [0.29, 0.717) is 12.8 Å². The predicted octanol–water partition coefficient (Wildman–Crippen LogP) is 2.28. The molecule has 0 N–H and O–H groups in total. The van der Waals surface area contributed by atoms with E-state index in [-0.39, 0.29) is 38.0 Å². The van der Waals surface area contributed by atoms with Crippen molar-refractivity contribution in [2.24, 2.45) is 71.0 Å². The zero-order valence-corrected chi connectivity index (χ0v) is 23.4. The van der Waals surface area contributed by atoms with Gasteiger partial charge in [-0.1, -0.05) is 50.6 Å². The zero-order chi connectivity index (χ0) is 30.3. The van der Waals surface area contributed by atoms with Gasteiger partial charge < -0.3 is 18.9 Å². The smallest absolute Gasteiger partial charge is 0.310 e. The first-order valence-corrected chi connectivity index (χ1v) is 14.4. The van der Waals surface area contributed by atoms with E-state index in [0.717, 1.165) is 0 Å². The molecule has 0 saturated heterocycles. The molecule has 0 aromatic heterocycles. The Hall–Kier alpha value is -3.82. The van der Waals surface area contributed by atoms with Gasteiger partial charge in [-0.2, -0.15) is 0 Å². The van der Waals surface area contributed by atoms with Gasteiger partial charge in [0.05, 0.1) is 23.7 Å². The van der Waals surface area contributed by atoms with Crippen molar-refractivity contribution in [3.05, 3.63) is 50.6 Å². The van der Waals surface area contributed by atoms with E-state index in [1.54, 1.807) is 0 Å². The largest absolute Gasteiger partial charge is 0.461 e. The van der Waals surface area contributed by atoms with Gasteiger partial charge in [-0.05, 0) is 36.5 Å². The van der Waals surface area contributed by atoms with Crippen LogP contribution in [0.15, 0.2) is 50.6 Å². The molecular formula is C32H36O10. The maximum atomic E-state index is 14.3. The van der Waals surface area contributed by atoms with Crippen LogP contribution in [0.25, 0.3) is 0 Å². The van der Waals surface area contributed by atoms with Crippen molar-refractivity contribution >= 4 is 35.4 Å². The summed E-state index contributed by atoms with van der Waals surface area (Å²) in [4.78, 5) is 81.6. The molecule has 12 unspecified atom stereocenters. The Labute approximate surface area is 244 Å². The third kappa shape index (κ3) is 4.46. The van der Waals surface area contributed by atoms with E-state index in [1.165, 1.54) is 24.3 Å². The van der Waals surface area contributed by atoms with Crippen molar-refractivity contribution in [2.45, 2.75) is 12.8 Å². The molecule has 0 amide bonds. The molecule has 5 fully saturated rings. The number of ketones is 2. The first-order valence-electron chi connectivity index (χ1n) is 14.4. The van der Waals surface area contributed by atoms with Crippen LogP contribution in [-0.2, 0) is 47.7 Å². The van der Waals surface area contributed by atoms with Crippen LogP contribution in [0.1, 0.15) is 12.8 Å². The Morgan fingerprint density at radius 1 is 0.500 bits per heavy atom. The molecule has 10 nitrogen and oxygen atoms in total. The summed E-state index contributed by atoms with van der Waals surface area (Å²) in [6.07, 6.45) is 6.29. The lowest BCUT2D eigenvalue weighted by atomic mass is 9.53. The second-order valence-electron chi connectivity index (χ2n) is 11.8. The number of hydrogen-bond acceptors (Lipinski definition) is 10. The van der Waals surface area contributed by atoms with E-state index in [2.05, 4.69) is 26.3 Å². The number of hydrogen-bond donors (Lipinski definition) is 0. The number of carbonyl (C=O) groups excluding carboxylic acids is 6. The SMILES string of the molecule is C=CCOC(=O)C1C2CC(C1C(=O)OCC=C)C1C(=O)C3C4CC(C(C(=O)OCC=C)C4C(=O)OCC=C)C3C(=O)C21. The van der Waals surface area contributed by atoms with E-state index in [1.807, 2.05) is 0 Å². The molecule has 5 saturated carbocycles. The first-order chi connectivity index (χ1) is 20.2. The third-order valence-electron chi connectivity index (χ3n) is 10.1. The number of fused-ring (bicyclic) bond motifs is 10. The standard InChI is InChI=1S/C32H36O10/c1-5-9-39-29(35)23-15-13-16(24(23)30(36)40-10-6-2)20-19(15)27(33)21-17-14-18(22(21)28(20)34)26(32(38)42-12-8-4)25(17)31(37)41-11-7-3/h5-8,15-26H,1-4,9-14H2. The normalized spacial score (nSPS) is 38.6. The molecule has 10 heteroatoms. The number of Topliss-reactive ketones (excluding diaryl/α,β-unsaturated/α-hetero) is 2. The van der Waals surface area contributed by atoms with Gasteiger partial charge in [0.2, 0.25) is 0 Å². The van der Waals surface area contributed by atoms with Gasteiger partial charge >= 0.3 is 23.9 Å². The van der Waals surface area contributed by atoms with Gasteiger partial charge in [-0.15, -0.1) is 0 Å². The monoisotopic (exact) mass is 580 g/mol. The van der Waals surface area contributed by atoms with Gasteiger partial charge in [0.1, 0.15) is 38.0 Å². The fourth-order valence-electron chi connectivity index (χ4n) is 9.06. The second-order valence-corrected chi connectivity index (χ2v) is 11.8. The van der Waals surface area contributed by atoms with Crippen LogP contribution < -0.4 is 0 Å². The van der Waals surface area contributed by atoms with E-state index in [4.69, 9.17) is 18.9 Å². The third-order valence-corrected chi connectivity index (χ3v) is 10.1. The van der Waals surface area contributed by atoms with Crippen LogP contribution in [-0.4, -0.2) is 61.9 Å². The summed E-state index contributed by atoms with van der Waals surface area (Å²) in [6, 6.07) is 0. The van der Waals surface area contributed by atoms with Gasteiger partial charge in [0.25, 0.3) is 0 Å². The van der Waals surface area contributed by atoms with Gasteiger partial charge in [-0.3, -0.25) is 28.8 Å². The Morgan fingerprint density at radius 3 is 0.905 bits per heavy atom. The Balaban J connectivity index is 1.50. The summed E-state index contributed by atoms with van der Waals surface area (Å²) in [7, 11) is 0. The predicted molar refractivity (Wildman–Crippen MR) is 146 cm³/mol. The fourth-order valence-corrected chi connectivity index (χ4v) is 9.06. The van der Waals surface area contributed by atoms with Crippen LogP contribution in [0.2, 0.25) is 0 Å². The molecule has 42 heavy (non-hydrogen) atoms. The highest BCUT2D eigenvalue weighted by atomic mass is 16.5. The van der Waals surface area contributed by atoms with Crippen molar-refractivity contribution in [1.29, 1.82) is 0 Å². The minimum Gasteiger partial charge on any atom is -0.461 e. The molecule has 0 heterocycles. The molecule has 0 radical (unpaired) electrons. The molecule has 5 aliphatic rings. The van der Waals surface area contributed by atoms with Crippen molar-refractivity contribution in [3.8, 4) is 0 Å².